The summed E-state index contributed by atoms with van der Waals surface area (Å²) in [6, 6.07) is 0.142. The Kier molecular flexibility index (Phi) is 2.73. The van der Waals surface area contributed by atoms with Gasteiger partial charge in [-0.05, 0) is 33.2 Å². The van der Waals surface area contributed by atoms with Crippen LogP contribution < -0.4 is 5.32 Å². The van der Waals surface area contributed by atoms with Crippen LogP contribution in [0.4, 0.5) is 0 Å². The lowest BCUT2D eigenvalue weighted by Crippen LogP contribution is -2.48. The Hall–Kier alpha value is -0.570. The lowest BCUT2D eigenvalue weighted by Gasteiger charge is -2.34. The Bertz CT molecular complexity index is 171. The van der Waals surface area contributed by atoms with E-state index in [1.807, 2.05) is 0 Å². The van der Waals surface area contributed by atoms with Crippen molar-refractivity contribution in [1.29, 1.82) is 0 Å². The number of hydrogen-bond donors (Lipinski definition) is 2. The highest BCUT2D eigenvalue weighted by atomic mass is 16.4. The molecule has 0 spiro atoms. The molecule has 0 amide bonds. The first-order chi connectivity index (χ1) is 5.55. The van der Waals surface area contributed by atoms with Gasteiger partial charge in [0.15, 0.2) is 0 Å². The Balaban J connectivity index is 2.59. The van der Waals surface area contributed by atoms with Gasteiger partial charge in [0.2, 0.25) is 0 Å². The predicted octanol–water partition coefficient (Wildman–Crippen LogP) is 1.24. The van der Waals surface area contributed by atoms with E-state index in [0.717, 1.165) is 19.4 Å². The molecule has 0 radical (unpaired) electrons. The van der Waals surface area contributed by atoms with E-state index in [0.29, 0.717) is 0 Å². The second-order valence-electron chi connectivity index (χ2n) is 4.03. The van der Waals surface area contributed by atoms with Crippen LogP contribution in [0.25, 0.3) is 0 Å². The lowest BCUT2D eigenvalue weighted by atomic mass is 9.80. The summed E-state index contributed by atoms with van der Waals surface area (Å²) in [6.07, 6.45) is 3.31. The first-order valence-electron chi connectivity index (χ1n) is 4.52. The van der Waals surface area contributed by atoms with Crippen LogP contribution in [0, 0.1) is 5.41 Å². The molecule has 1 aliphatic rings. The van der Waals surface area contributed by atoms with Crippen LogP contribution in [0.1, 0.15) is 33.1 Å². The lowest BCUT2D eigenvalue weighted by molar-refractivity contribution is -0.149. The molecule has 1 aliphatic heterocycles. The number of piperidine rings is 1. The van der Waals surface area contributed by atoms with Gasteiger partial charge in [-0.2, -0.15) is 0 Å². The van der Waals surface area contributed by atoms with E-state index in [-0.39, 0.29) is 6.04 Å². The molecule has 1 heterocycles. The fourth-order valence-electron chi connectivity index (χ4n) is 1.62. The summed E-state index contributed by atoms with van der Waals surface area (Å²) in [5.74, 6) is -0.707. The normalized spacial score (nSPS) is 25.3. The third-order valence-electron chi connectivity index (χ3n) is 2.73. The van der Waals surface area contributed by atoms with Crippen LogP contribution in [0.2, 0.25) is 0 Å². The summed E-state index contributed by atoms with van der Waals surface area (Å²) in [4.78, 5) is 10.9. The zero-order valence-electron chi connectivity index (χ0n) is 7.76. The summed E-state index contributed by atoms with van der Waals surface area (Å²) < 4.78 is 0. The second-order valence-corrected chi connectivity index (χ2v) is 4.03. The van der Waals surface area contributed by atoms with Crippen molar-refractivity contribution in [1.82, 2.24) is 5.32 Å². The molecular formula is C9H17NO2. The van der Waals surface area contributed by atoms with Gasteiger partial charge >= 0.3 is 5.97 Å². The van der Waals surface area contributed by atoms with E-state index in [4.69, 9.17) is 5.11 Å². The number of carboxylic acids is 1. The van der Waals surface area contributed by atoms with Gasteiger partial charge in [0.1, 0.15) is 0 Å². The highest BCUT2D eigenvalue weighted by molar-refractivity contribution is 5.74. The van der Waals surface area contributed by atoms with E-state index in [1.54, 1.807) is 13.8 Å². The molecule has 3 heteroatoms. The maximum atomic E-state index is 10.9. The highest BCUT2D eigenvalue weighted by Crippen LogP contribution is 2.26. The molecule has 12 heavy (non-hydrogen) atoms. The molecule has 3 nitrogen and oxygen atoms in total. The van der Waals surface area contributed by atoms with Gasteiger partial charge in [-0.15, -0.1) is 0 Å². The number of nitrogens with one attached hydrogen (secondary N) is 1. The highest BCUT2D eigenvalue weighted by Gasteiger charge is 2.36. The summed E-state index contributed by atoms with van der Waals surface area (Å²) in [5.41, 5.74) is -0.625. The van der Waals surface area contributed by atoms with Crippen molar-refractivity contribution in [3.05, 3.63) is 0 Å². The van der Waals surface area contributed by atoms with Crippen LogP contribution in [0.5, 0.6) is 0 Å². The van der Waals surface area contributed by atoms with Gasteiger partial charge in [0.25, 0.3) is 0 Å². The third kappa shape index (κ3) is 1.78. The Morgan fingerprint density at radius 3 is 2.58 bits per heavy atom. The molecule has 0 saturated carbocycles. The Morgan fingerprint density at radius 1 is 1.50 bits per heavy atom. The quantitative estimate of drug-likeness (QED) is 0.657. The van der Waals surface area contributed by atoms with Gasteiger partial charge in [0, 0.05) is 6.04 Å². The van der Waals surface area contributed by atoms with Crippen molar-refractivity contribution < 1.29 is 9.90 Å². The number of carbonyl (C=O) groups is 1. The molecule has 0 bridgehead atoms. The number of hydrogen-bond acceptors (Lipinski definition) is 2. The summed E-state index contributed by atoms with van der Waals surface area (Å²) in [5, 5.41) is 12.2. The summed E-state index contributed by atoms with van der Waals surface area (Å²) in [7, 11) is 0. The minimum Gasteiger partial charge on any atom is -0.481 e. The monoisotopic (exact) mass is 171 g/mol. The fraction of sp³-hybridized carbons (Fsp3) is 0.889. The first kappa shape index (κ1) is 9.52. The molecule has 0 aliphatic carbocycles. The zero-order valence-corrected chi connectivity index (χ0v) is 7.76. The van der Waals surface area contributed by atoms with Gasteiger partial charge in [0.05, 0.1) is 5.41 Å². The average molecular weight is 171 g/mol. The predicted molar refractivity (Wildman–Crippen MR) is 47.1 cm³/mol. The topological polar surface area (TPSA) is 49.3 Å². The first-order valence-corrected chi connectivity index (χ1v) is 4.52. The number of aliphatic carboxylic acids is 1. The standard InChI is InChI=1S/C9H17NO2/c1-9(2,8(11)12)7-5-3-4-6-10-7/h7,10H,3-6H2,1-2H3,(H,11,12). The average Bonchev–Trinajstić information content (AvgIpc) is 2.06. The van der Waals surface area contributed by atoms with Crippen molar-refractivity contribution >= 4 is 5.97 Å². The molecule has 1 fully saturated rings. The second kappa shape index (κ2) is 3.44. The van der Waals surface area contributed by atoms with Gasteiger partial charge in [-0.25, -0.2) is 0 Å². The fourth-order valence-corrected chi connectivity index (χ4v) is 1.62. The molecular weight excluding hydrogens is 154 g/mol. The number of rotatable bonds is 2. The third-order valence-corrected chi connectivity index (χ3v) is 2.73. The van der Waals surface area contributed by atoms with Crippen molar-refractivity contribution in [2.45, 2.75) is 39.2 Å². The molecule has 2 N–H and O–H groups in total. The maximum Gasteiger partial charge on any atom is 0.310 e. The molecule has 1 unspecified atom stereocenters. The Labute approximate surface area is 73.2 Å². The van der Waals surface area contributed by atoms with E-state index in [2.05, 4.69) is 5.32 Å². The molecule has 1 saturated heterocycles. The van der Waals surface area contributed by atoms with Crippen molar-refractivity contribution in [2.24, 2.45) is 5.41 Å². The van der Waals surface area contributed by atoms with Crippen LogP contribution in [0.3, 0.4) is 0 Å². The van der Waals surface area contributed by atoms with Crippen LogP contribution >= 0.6 is 0 Å². The van der Waals surface area contributed by atoms with E-state index in [9.17, 15) is 4.79 Å². The molecule has 0 aromatic rings. The molecule has 70 valence electrons. The summed E-state index contributed by atoms with van der Waals surface area (Å²) in [6.45, 7) is 4.54. The minimum atomic E-state index is -0.707. The van der Waals surface area contributed by atoms with Gasteiger partial charge in [-0.3, -0.25) is 4.79 Å². The zero-order chi connectivity index (χ0) is 9.19. The van der Waals surface area contributed by atoms with E-state index >= 15 is 0 Å². The van der Waals surface area contributed by atoms with E-state index < -0.39 is 11.4 Å². The van der Waals surface area contributed by atoms with Gasteiger partial charge in [-0.1, -0.05) is 6.42 Å². The minimum absolute atomic E-state index is 0.142. The molecule has 1 rings (SSSR count). The molecule has 0 aromatic carbocycles. The SMILES string of the molecule is CC(C)(C(=O)O)C1CCCCN1. The number of carboxylic acid groups (broad SMARTS) is 1. The van der Waals surface area contributed by atoms with Crippen molar-refractivity contribution in [3.63, 3.8) is 0 Å². The Morgan fingerprint density at radius 2 is 2.17 bits per heavy atom. The van der Waals surface area contributed by atoms with Crippen LogP contribution in [-0.4, -0.2) is 23.7 Å². The smallest absolute Gasteiger partial charge is 0.310 e. The molecule has 1 atom stereocenters. The van der Waals surface area contributed by atoms with Gasteiger partial charge < -0.3 is 10.4 Å². The van der Waals surface area contributed by atoms with Crippen molar-refractivity contribution in [3.8, 4) is 0 Å². The van der Waals surface area contributed by atoms with Crippen molar-refractivity contribution in [2.75, 3.05) is 6.54 Å². The summed E-state index contributed by atoms with van der Waals surface area (Å²) >= 11 is 0. The van der Waals surface area contributed by atoms with Crippen LogP contribution in [0.15, 0.2) is 0 Å². The van der Waals surface area contributed by atoms with E-state index in [1.165, 1.54) is 6.42 Å². The van der Waals surface area contributed by atoms with Crippen LogP contribution in [-0.2, 0) is 4.79 Å². The molecule has 0 aromatic heterocycles. The largest absolute Gasteiger partial charge is 0.481 e. The maximum absolute atomic E-state index is 10.9.